The molecule has 1 aliphatic heterocycles. The van der Waals surface area contributed by atoms with Gasteiger partial charge in [-0.3, -0.25) is 4.79 Å². The maximum Gasteiger partial charge on any atom is 0.246 e. The van der Waals surface area contributed by atoms with Crippen LogP contribution in [0.15, 0.2) is 47.4 Å². The highest BCUT2D eigenvalue weighted by Crippen LogP contribution is 2.32. The maximum absolute atomic E-state index is 13.2. The number of hydrogen-bond donors (Lipinski definition) is 1. The van der Waals surface area contributed by atoms with Gasteiger partial charge in [0.15, 0.2) is 0 Å². The van der Waals surface area contributed by atoms with Crippen molar-refractivity contribution in [2.45, 2.75) is 24.7 Å². The number of anilines is 1. The van der Waals surface area contributed by atoms with Gasteiger partial charge in [-0.25, -0.2) is 8.42 Å². The van der Waals surface area contributed by atoms with E-state index in [1.54, 1.807) is 30.3 Å². The van der Waals surface area contributed by atoms with Crippen molar-refractivity contribution in [3.8, 4) is 11.5 Å². The van der Waals surface area contributed by atoms with Gasteiger partial charge in [-0.1, -0.05) is 11.6 Å². The molecule has 2 aromatic rings. The van der Waals surface area contributed by atoms with Crippen molar-refractivity contribution >= 4 is 33.2 Å². The molecule has 0 aromatic heterocycles. The second-order valence-corrected chi connectivity index (χ2v) is 9.29. The standard InChI is InChI=1S/C21H25ClN2O5S/c1-3-29-18-9-7-17(8-10-18)23-21(25)15-5-4-12-24(14-15)30(26,27)20-13-16(22)6-11-19(20)28-2/h6-11,13,15H,3-5,12,14H2,1-2H3,(H,23,25)/t15-/m1/s1. The Bertz CT molecular complexity index is 995. The summed E-state index contributed by atoms with van der Waals surface area (Å²) in [5, 5.41) is 3.16. The summed E-state index contributed by atoms with van der Waals surface area (Å²) in [6.45, 7) is 2.90. The molecule has 0 unspecified atom stereocenters. The first kappa shape index (κ1) is 22.4. The van der Waals surface area contributed by atoms with E-state index in [1.807, 2.05) is 6.92 Å². The summed E-state index contributed by atoms with van der Waals surface area (Å²) in [5.74, 6) is 0.281. The first-order valence-electron chi connectivity index (χ1n) is 9.72. The molecule has 1 aliphatic rings. The molecule has 0 saturated carbocycles. The largest absolute Gasteiger partial charge is 0.495 e. The number of benzene rings is 2. The Labute approximate surface area is 182 Å². The zero-order chi connectivity index (χ0) is 21.7. The number of nitrogens with zero attached hydrogens (tertiary/aromatic N) is 1. The van der Waals surface area contributed by atoms with Gasteiger partial charge in [0.1, 0.15) is 16.4 Å². The van der Waals surface area contributed by atoms with Crippen molar-refractivity contribution in [1.82, 2.24) is 4.31 Å². The number of hydrogen-bond acceptors (Lipinski definition) is 5. The Morgan fingerprint density at radius 2 is 1.97 bits per heavy atom. The van der Waals surface area contributed by atoms with Crippen LogP contribution in [-0.2, 0) is 14.8 Å². The van der Waals surface area contributed by atoms with Gasteiger partial charge in [0, 0.05) is 23.8 Å². The summed E-state index contributed by atoms with van der Waals surface area (Å²) >= 11 is 6.01. The summed E-state index contributed by atoms with van der Waals surface area (Å²) in [6, 6.07) is 11.6. The van der Waals surface area contributed by atoms with E-state index in [2.05, 4.69) is 5.32 Å². The van der Waals surface area contributed by atoms with E-state index >= 15 is 0 Å². The highest BCUT2D eigenvalue weighted by atomic mass is 35.5. The second kappa shape index (κ2) is 9.68. The minimum absolute atomic E-state index is 0.00470. The Morgan fingerprint density at radius 1 is 1.23 bits per heavy atom. The lowest BCUT2D eigenvalue weighted by atomic mass is 9.99. The molecule has 3 rings (SSSR count). The number of sulfonamides is 1. The molecule has 1 atom stereocenters. The SMILES string of the molecule is CCOc1ccc(NC(=O)[C@@H]2CCCN(S(=O)(=O)c3cc(Cl)ccc3OC)C2)cc1. The van der Waals surface area contributed by atoms with E-state index in [0.717, 1.165) is 5.75 Å². The van der Waals surface area contributed by atoms with Crippen molar-refractivity contribution in [1.29, 1.82) is 0 Å². The first-order valence-corrected chi connectivity index (χ1v) is 11.5. The fourth-order valence-electron chi connectivity index (χ4n) is 3.41. The highest BCUT2D eigenvalue weighted by Gasteiger charge is 2.35. The maximum atomic E-state index is 13.2. The zero-order valence-corrected chi connectivity index (χ0v) is 18.5. The molecule has 1 fully saturated rings. The number of methoxy groups -OCH3 is 1. The fourth-order valence-corrected chi connectivity index (χ4v) is 5.35. The second-order valence-electron chi connectivity index (χ2n) is 6.94. The molecule has 30 heavy (non-hydrogen) atoms. The molecule has 0 radical (unpaired) electrons. The lowest BCUT2D eigenvalue weighted by Crippen LogP contribution is -2.43. The van der Waals surface area contributed by atoms with Crippen LogP contribution in [-0.4, -0.2) is 45.4 Å². The number of piperidine rings is 1. The smallest absolute Gasteiger partial charge is 0.246 e. The third-order valence-corrected chi connectivity index (χ3v) is 7.05. The van der Waals surface area contributed by atoms with Crippen molar-refractivity contribution in [2.75, 3.05) is 32.1 Å². The summed E-state index contributed by atoms with van der Waals surface area (Å²) in [6.07, 6.45) is 1.20. The van der Waals surface area contributed by atoms with E-state index < -0.39 is 15.9 Å². The van der Waals surface area contributed by atoms with Gasteiger partial charge in [0.2, 0.25) is 15.9 Å². The van der Waals surface area contributed by atoms with Crippen molar-refractivity contribution < 1.29 is 22.7 Å². The number of carbonyl (C=O) groups is 1. The topological polar surface area (TPSA) is 84.9 Å². The zero-order valence-electron chi connectivity index (χ0n) is 16.9. The van der Waals surface area contributed by atoms with Gasteiger partial charge in [0.25, 0.3) is 0 Å². The summed E-state index contributed by atoms with van der Waals surface area (Å²) in [7, 11) is -2.44. The van der Waals surface area contributed by atoms with Gasteiger partial charge in [-0.2, -0.15) is 4.31 Å². The number of rotatable bonds is 7. The average Bonchev–Trinajstić information content (AvgIpc) is 2.75. The number of carbonyl (C=O) groups excluding carboxylic acids is 1. The molecular formula is C21H25ClN2O5S. The average molecular weight is 453 g/mol. The number of halogens is 1. The van der Waals surface area contributed by atoms with Crippen LogP contribution < -0.4 is 14.8 Å². The predicted molar refractivity (Wildman–Crippen MR) is 116 cm³/mol. The number of nitrogens with one attached hydrogen (secondary N) is 1. The minimum Gasteiger partial charge on any atom is -0.495 e. The van der Waals surface area contributed by atoms with Crippen LogP contribution >= 0.6 is 11.6 Å². The van der Waals surface area contributed by atoms with Gasteiger partial charge < -0.3 is 14.8 Å². The highest BCUT2D eigenvalue weighted by molar-refractivity contribution is 7.89. The van der Waals surface area contributed by atoms with Crippen LogP contribution in [0.25, 0.3) is 0 Å². The fraction of sp³-hybridized carbons (Fsp3) is 0.381. The minimum atomic E-state index is -3.85. The Hall–Kier alpha value is -2.29. The van der Waals surface area contributed by atoms with Crippen LogP contribution in [0.5, 0.6) is 11.5 Å². The molecule has 1 heterocycles. The van der Waals surface area contributed by atoms with Gasteiger partial charge in [0.05, 0.1) is 19.6 Å². The first-order chi connectivity index (χ1) is 14.3. The van der Waals surface area contributed by atoms with Gasteiger partial charge in [-0.05, 0) is 62.2 Å². The predicted octanol–water partition coefficient (Wildman–Crippen LogP) is 3.79. The molecule has 2 aromatic carbocycles. The van der Waals surface area contributed by atoms with Crippen molar-refractivity contribution in [3.05, 3.63) is 47.5 Å². The lowest BCUT2D eigenvalue weighted by Gasteiger charge is -2.31. The molecule has 0 aliphatic carbocycles. The lowest BCUT2D eigenvalue weighted by molar-refractivity contribution is -0.120. The van der Waals surface area contributed by atoms with E-state index in [9.17, 15) is 13.2 Å². The molecule has 0 bridgehead atoms. The molecular weight excluding hydrogens is 428 g/mol. The third kappa shape index (κ3) is 5.06. The van der Waals surface area contributed by atoms with E-state index in [-0.39, 0.29) is 23.1 Å². The van der Waals surface area contributed by atoms with Crippen LogP contribution in [0.2, 0.25) is 5.02 Å². The van der Waals surface area contributed by atoms with E-state index in [1.165, 1.54) is 23.5 Å². The summed E-state index contributed by atoms with van der Waals surface area (Å²) < 4.78 is 38.3. The molecule has 1 N–H and O–H groups in total. The van der Waals surface area contributed by atoms with E-state index in [4.69, 9.17) is 21.1 Å². The monoisotopic (exact) mass is 452 g/mol. The van der Waals surface area contributed by atoms with Crippen molar-refractivity contribution in [3.63, 3.8) is 0 Å². The number of ether oxygens (including phenoxy) is 2. The molecule has 0 spiro atoms. The molecule has 7 nitrogen and oxygen atoms in total. The normalized spacial score (nSPS) is 17.4. The molecule has 9 heteroatoms. The Balaban J connectivity index is 1.73. The van der Waals surface area contributed by atoms with Gasteiger partial charge >= 0.3 is 0 Å². The third-order valence-electron chi connectivity index (χ3n) is 4.93. The van der Waals surface area contributed by atoms with Crippen molar-refractivity contribution in [2.24, 2.45) is 5.92 Å². The van der Waals surface area contributed by atoms with E-state index in [0.29, 0.717) is 36.7 Å². The molecule has 162 valence electrons. The summed E-state index contributed by atoms with van der Waals surface area (Å²) in [4.78, 5) is 12.8. The molecule has 1 saturated heterocycles. The van der Waals surface area contributed by atoms with Crippen LogP contribution in [0.1, 0.15) is 19.8 Å². The van der Waals surface area contributed by atoms with Crippen LogP contribution in [0.3, 0.4) is 0 Å². The van der Waals surface area contributed by atoms with Gasteiger partial charge in [-0.15, -0.1) is 0 Å². The number of amides is 1. The van der Waals surface area contributed by atoms with Crippen LogP contribution in [0.4, 0.5) is 5.69 Å². The summed E-state index contributed by atoms with van der Waals surface area (Å²) in [5.41, 5.74) is 0.639. The quantitative estimate of drug-likeness (QED) is 0.690. The van der Waals surface area contributed by atoms with Crippen LogP contribution in [0, 0.1) is 5.92 Å². The Morgan fingerprint density at radius 3 is 2.63 bits per heavy atom. The Kier molecular flexibility index (Phi) is 7.23. The molecule has 1 amide bonds.